The molecule has 0 atom stereocenters. The van der Waals surface area contributed by atoms with E-state index in [1.807, 2.05) is 46.8 Å². The quantitative estimate of drug-likeness (QED) is 0.833. The van der Waals surface area contributed by atoms with Crippen molar-refractivity contribution in [2.24, 2.45) is 0 Å². The minimum Gasteiger partial charge on any atom is -0.508 e. The number of phenolic OH excluding ortho intramolecular Hbond substituents is 1. The molecule has 0 aromatic heterocycles. The molecule has 0 unspecified atom stereocenters. The predicted molar refractivity (Wildman–Crippen MR) is 95.6 cm³/mol. The average molecular weight is 331 g/mol. The first-order chi connectivity index (χ1) is 11.0. The topological polar surface area (TPSA) is 67.8 Å². The van der Waals surface area contributed by atoms with Gasteiger partial charge in [0.25, 0.3) is 0 Å². The van der Waals surface area contributed by atoms with Crippen LogP contribution < -0.4 is 5.32 Å². The molecule has 1 aromatic rings. The van der Waals surface area contributed by atoms with Crippen molar-refractivity contribution in [3.05, 3.63) is 34.8 Å². The molecular formula is C18H26BNO4. The van der Waals surface area contributed by atoms with Crippen LogP contribution in [-0.4, -0.2) is 35.9 Å². The number of amides is 1. The lowest BCUT2D eigenvalue weighted by atomic mass is 9.76. The Hall–Kier alpha value is -1.79. The molecule has 1 aliphatic rings. The summed E-state index contributed by atoms with van der Waals surface area (Å²) < 4.78 is 12.2. The zero-order valence-corrected chi connectivity index (χ0v) is 15.3. The minimum absolute atomic E-state index is 0.120. The molecule has 1 saturated heterocycles. The maximum Gasteiger partial charge on any atom is 0.492 e. The molecule has 2 N–H and O–H groups in total. The van der Waals surface area contributed by atoms with Crippen LogP contribution in [0.5, 0.6) is 5.75 Å². The number of carbonyl (C=O) groups excluding carboxylic acids is 1. The van der Waals surface area contributed by atoms with Crippen molar-refractivity contribution in [1.82, 2.24) is 5.32 Å². The van der Waals surface area contributed by atoms with E-state index in [4.69, 9.17) is 9.31 Å². The van der Waals surface area contributed by atoms with Crippen molar-refractivity contribution in [2.75, 3.05) is 6.54 Å². The minimum atomic E-state index is -0.552. The van der Waals surface area contributed by atoms with Crippen LogP contribution in [0.25, 0.3) is 6.08 Å². The molecular weight excluding hydrogens is 305 g/mol. The molecule has 1 amide bonds. The van der Waals surface area contributed by atoms with Crippen molar-refractivity contribution in [3.8, 4) is 5.75 Å². The average Bonchev–Trinajstić information content (AvgIpc) is 2.67. The van der Waals surface area contributed by atoms with E-state index in [1.54, 1.807) is 12.1 Å². The van der Waals surface area contributed by atoms with E-state index in [2.05, 4.69) is 5.32 Å². The van der Waals surface area contributed by atoms with E-state index in [-0.39, 0.29) is 11.7 Å². The normalized spacial score (nSPS) is 19.4. The fourth-order valence-electron chi connectivity index (χ4n) is 2.42. The highest BCUT2D eigenvalue weighted by Crippen LogP contribution is 2.39. The van der Waals surface area contributed by atoms with Crippen LogP contribution in [0.15, 0.2) is 23.7 Å². The van der Waals surface area contributed by atoms with Gasteiger partial charge in [0, 0.05) is 13.5 Å². The Bertz CT molecular complexity index is 651. The molecule has 1 aliphatic heterocycles. The molecule has 1 heterocycles. The van der Waals surface area contributed by atoms with Crippen LogP contribution in [0.2, 0.25) is 0 Å². The lowest BCUT2D eigenvalue weighted by Gasteiger charge is -2.32. The van der Waals surface area contributed by atoms with Crippen molar-refractivity contribution < 1.29 is 19.2 Å². The number of benzene rings is 1. The van der Waals surface area contributed by atoms with E-state index in [0.29, 0.717) is 6.54 Å². The van der Waals surface area contributed by atoms with Gasteiger partial charge in [0.15, 0.2) is 0 Å². The molecule has 1 aromatic carbocycles. The number of aromatic hydroxyl groups is 1. The summed E-state index contributed by atoms with van der Waals surface area (Å²) >= 11 is 0. The standard InChI is InChI=1S/C18H26BNO4/c1-12-14(8-7-9-16(12)22)10-15(11-20-13(2)21)19-23-17(3,4)18(5,6)24-19/h7-10,22H,11H2,1-6H3,(H,20,21). The highest BCUT2D eigenvalue weighted by Gasteiger charge is 2.52. The van der Waals surface area contributed by atoms with Crippen molar-refractivity contribution in [2.45, 2.75) is 52.7 Å². The van der Waals surface area contributed by atoms with Gasteiger partial charge < -0.3 is 19.7 Å². The predicted octanol–water partition coefficient (Wildman–Crippen LogP) is 2.85. The zero-order chi connectivity index (χ0) is 18.1. The summed E-state index contributed by atoms with van der Waals surface area (Å²) in [5.41, 5.74) is 1.53. The third kappa shape index (κ3) is 3.82. The van der Waals surface area contributed by atoms with Crippen LogP contribution in [0.1, 0.15) is 45.7 Å². The number of nitrogens with one attached hydrogen (secondary N) is 1. The lowest BCUT2D eigenvalue weighted by Crippen LogP contribution is -2.41. The number of hydrogen-bond donors (Lipinski definition) is 2. The molecule has 0 bridgehead atoms. The van der Waals surface area contributed by atoms with Crippen LogP contribution in [-0.2, 0) is 14.1 Å². The number of phenols is 1. The first-order valence-corrected chi connectivity index (χ1v) is 8.12. The summed E-state index contributed by atoms with van der Waals surface area (Å²) in [6.07, 6.45) is 1.91. The monoisotopic (exact) mass is 331 g/mol. The molecule has 0 saturated carbocycles. The SMILES string of the molecule is CC(=O)NCC(=Cc1cccc(O)c1C)B1OC(C)(C)C(C)(C)O1. The first-order valence-electron chi connectivity index (χ1n) is 8.12. The third-order valence-electron chi connectivity index (χ3n) is 4.79. The summed E-state index contributed by atoms with van der Waals surface area (Å²) in [5, 5.41) is 12.7. The Balaban J connectivity index is 2.37. The molecule has 6 heteroatoms. The van der Waals surface area contributed by atoms with E-state index in [0.717, 1.165) is 16.6 Å². The van der Waals surface area contributed by atoms with Gasteiger partial charge >= 0.3 is 7.12 Å². The van der Waals surface area contributed by atoms with Crippen molar-refractivity contribution >= 4 is 19.1 Å². The molecule has 24 heavy (non-hydrogen) atoms. The number of rotatable bonds is 4. The van der Waals surface area contributed by atoms with Gasteiger partial charge in [0.05, 0.1) is 11.2 Å². The maximum absolute atomic E-state index is 11.3. The Kier molecular flexibility index (Phi) is 5.11. The van der Waals surface area contributed by atoms with Crippen LogP contribution in [0.3, 0.4) is 0 Å². The zero-order valence-electron chi connectivity index (χ0n) is 15.3. The summed E-state index contributed by atoms with van der Waals surface area (Å²) in [6, 6.07) is 5.34. The highest BCUT2D eigenvalue weighted by atomic mass is 16.7. The van der Waals surface area contributed by atoms with Crippen molar-refractivity contribution in [3.63, 3.8) is 0 Å². The Morgan fingerprint density at radius 2 is 1.83 bits per heavy atom. The lowest BCUT2D eigenvalue weighted by molar-refractivity contribution is -0.118. The summed E-state index contributed by atoms with van der Waals surface area (Å²) in [4.78, 5) is 11.3. The number of carbonyl (C=O) groups is 1. The summed E-state index contributed by atoms with van der Waals surface area (Å²) in [5.74, 6) is 0.113. The van der Waals surface area contributed by atoms with Gasteiger partial charge in [-0.25, -0.2) is 0 Å². The Morgan fingerprint density at radius 1 is 1.25 bits per heavy atom. The van der Waals surface area contributed by atoms with Gasteiger partial charge in [-0.3, -0.25) is 4.79 Å². The van der Waals surface area contributed by atoms with E-state index >= 15 is 0 Å². The Morgan fingerprint density at radius 3 is 2.38 bits per heavy atom. The molecule has 5 nitrogen and oxygen atoms in total. The molecule has 2 rings (SSSR count). The molecule has 0 aliphatic carbocycles. The Labute approximate surface area is 144 Å². The molecule has 0 radical (unpaired) electrons. The van der Waals surface area contributed by atoms with Gasteiger partial charge in [0.2, 0.25) is 5.91 Å². The fraction of sp³-hybridized carbons (Fsp3) is 0.500. The number of hydrogen-bond acceptors (Lipinski definition) is 4. The van der Waals surface area contributed by atoms with Gasteiger partial charge in [-0.2, -0.15) is 0 Å². The van der Waals surface area contributed by atoms with Crippen molar-refractivity contribution in [1.29, 1.82) is 0 Å². The van der Waals surface area contributed by atoms with E-state index in [1.165, 1.54) is 6.92 Å². The van der Waals surface area contributed by atoms with Gasteiger partial charge in [-0.05, 0) is 57.3 Å². The largest absolute Gasteiger partial charge is 0.508 e. The van der Waals surface area contributed by atoms with Gasteiger partial charge in [0.1, 0.15) is 5.75 Å². The maximum atomic E-state index is 11.3. The fourth-order valence-corrected chi connectivity index (χ4v) is 2.42. The smallest absolute Gasteiger partial charge is 0.492 e. The van der Waals surface area contributed by atoms with E-state index in [9.17, 15) is 9.90 Å². The molecule has 0 spiro atoms. The van der Waals surface area contributed by atoms with Crippen LogP contribution >= 0.6 is 0 Å². The molecule has 130 valence electrons. The summed E-state index contributed by atoms with van der Waals surface area (Å²) in [7, 11) is -0.552. The highest BCUT2D eigenvalue weighted by molar-refractivity contribution is 6.56. The summed E-state index contributed by atoms with van der Waals surface area (Å²) in [6.45, 7) is 11.6. The second-order valence-corrected chi connectivity index (χ2v) is 7.21. The second-order valence-electron chi connectivity index (χ2n) is 7.21. The van der Waals surface area contributed by atoms with Gasteiger partial charge in [-0.1, -0.05) is 18.2 Å². The van der Waals surface area contributed by atoms with Crippen LogP contribution in [0.4, 0.5) is 0 Å². The van der Waals surface area contributed by atoms with E-state index < -0.39 is 18.3 Å². The first kappa shape index (κ1) is 18.6. The third-order valence-corrected chi connectivity index (χ3v) is 4.79. The van der Waals surface area contributed by atoms with Gasteiger partial charge in [-0.15, -0.1) is 0 Å². The molecule has 1 fully saturated rings. The second kappa shape index (κ2) is 6.61. The van der Waals surface area contributed by atoms with Crippen LogP contribution in [0, 0.1) is 6.92 Å².